The lowest BCUT2D eigenvalue weighted by atomic mass is 10.0. The van der Waals surface area contributed by atoms with E-state index in [2.05, 4.69) is 31.2 Å². The highest BCUT2D eigenvalue weighted by Crippen LogP contribution is 2.33. The fourth-order valence-electron chi connectivity index (χ4n) is 2.42. The molecule has 2 nitrogen and oxygen atoms in total. The van der Waals surface area contributed by atoms with Crippen molar-refractivity contribution in [2.24, 2.45) is 0 Å². The van der Waals surface area contributed by atoms with Crippen molar-refractivity contribution in [1.29, 1.82) is 0 Å². The van der Waals surface area contributed by atoms with Gasteiger partial charge in [0, 0.05) is 5.56 Å². The third kappa shape index (κ3) is 2.58. The number of ether oxygens (including phenoxy) is 2. The fraction of sp³-hybridized carbons (Fsp3) is 0.294. The Hall–Kier alpha value is -1.96. The standard InChI is InChI=1S/C17H18O2/c1-2-13-6-5-7-15(10-13)18-11-14-12-19-17-9-4-3-8-16(14)17/h3-10,14H,2,11-12H2,1H3. The monoisotopic (exact) mass is 254 g/mol. The van der Waals surface area contributed by atoms with Gasteiger partial charge in [-0.15, -0.1) is 0 Å². The van der Waals surface area contributed by atoms with Crippen molar-refractivity contribution in [2.75, 3.05) is 13.2 Å². The van der Waals surface area contributed by atoms with Gasteiger partial charge in [0.05, 0.1) is 19.1 Å². The molecule has 2 aromatic carbocycles. The second-order valence-corrected chi connectivity index (χ2v) is 4.86. The number of rotatable bonds is 4. The zero-order chi connectivity index (χ0) is 13.1. The zero-order valence-electron chi connectivity index (χ0n) is 11.1. The first-order chi connectivity index (χ1) is 9.36. The summed E-state index contributed by atoms with van der Waals surface area (Å²) in [6, 6.07) is 16.5. The highest BCUT2D eigenvalue weighted by Gasteiger charge is 2.24. The van der Waals surface area contributed by atoms with Gasteiger partial charge in [-0.2, -0.15) is 0 Å². The molecular formula is C17H18O2. The minimum atomic E-state index is 0.335. The van der Waals surface area contributed by atoms with Crippen LogP contribution in [-0.4, -0.2) is 13.2 Å². The summed E-state index contributed by atoms with van der Waals surface area (Å²) in [5.74, 6) is 2.28. The molecule has 0 spiro atoms. The van der Waals surface area contributed by atoms with Crippen molar-refractivity contribution in [3.63, 3.8) is 0 Å². The van der Waals surface area contributed by atoms with Crippen molar-refractivity contribution < 1.29 is 9.47 Å². The average molecular weight is 254 g/mol. The number of aryl methyl sites for hydroxylation is 1. The summed E-state index contributed by atoms with van der Waals surface area (Å²) in [5.41, 5.74) is 2.56. The third-order valence-corrected chi connectivity index (χ3v) is 3.56. The molecule has 0 aliphatic carbocycles. The van der Waals surface area contributed by atoms with Crippen LogP contribution in [-0.2, 0) is 6.42 Å². The summed E-state index contributed by atoms with van der Waals surface area (Å²) < 4.78 is 11.6. The fourth-order valence-corrected chi connectivity index (χ4v) is 2.42. The summed E-state index contributed by atoms with van der Waals surface area (Å²) in [7, 11) is 0. The molecule has 0 N–H and O–H groups in total. The maximum atomic E-state index is 5.91. The van der Waals surface area contributed by atoms with Crippen LogP contribution in [0.25, 0.3) is 0 Å². The first kappa shape index (κ1) is 12.1. The van der Waals surface area contributed by atoms with Crippen LogP contribution in [0.2, 0.25) is 0 Å². The Labute approximate surface area is 114 Å². The molecule has 19 heavy (non-hydrogen) atoms. The molecule has 98 valence electrons. The SMILES string of the molecule is CCc1cccc(OCC2COc3ccccc32)c1. The summed E-state index contributed by atoms with van der Waals surface area (Å²) in [4.78, 5) is 0. The van der Waals surface area contributed by atoms with Crippen molar-refractivity contribution in [3.05, 3.63) is 59.7 Å². The maximum absolute atomic E-state index is 5.91. The third-order valence-electron chi connectivity index (χ3n) is 3.56. The Balaban J connectivity index is 1.67. The van der Waals surface area contributed by atoms with E-state index < -0.39 is 0 Å². The van der Waals surface area contributed by atoms with Gasteiger partial charge in [0.2, 0.25) is 0 Å². The molecule has 0 saturated carbocycles. The lowest BCUT2D eigenvalue weighted by molar-refractivity contribution is 0.248. The summed E-state index contributed by atoms with van der Waals surface area (Å²) in [6.45, 7) is 3.54. The highest BCUT2D eigenvalue weighted by atomic mass is 16.5. The molecule has 0 aromatic heterocycles. The van der Waals surface area contributed by atoms with Crippen LogP contribution in [0.5, 0.6) is 11.5 Å². The summed E-state index contributed by atoms with van der Waals surface area (Å²) in [6.07, 6.45) is 1.03. The van der Waals surface area contributed by atoms with Crippen LogP contribution in [0.1, 0.15) is 24.0 Å². The number of benzene rings is 2. The first-order valence-electron chi connectivity index (χ1n) is 6.80. The van der Waals surface area contributed by atoms with E-state index >= 15 is 0 Å². The molecule has 2 heteroatoms. The lowest BCUT2D eigenvalue weighted by Gasteiger charge is -2.12. The quantitative estimate of drug-likeness (QED) is 0.826. The number of fused-ring (bicyclic) bond motifs is 1. The number of hydrogen-bond donors (Lipinski definition) is 0. The molecule has 3 rings (SSSR count). The normalized spacial score (nSPS) is 16.8. The maximum Gasteiger partial charge on any atom is 0.123 e. The molecule has 0 amide bonds. The zero-order valence-corrected chi connectivity index (χ0v) is 11.1. The van der Waals surface area contributed by atoms with Gasteiger partial charge in [0.25, 0.3) is 0 Å². The summed E-state index contributed by atoms with van der Waals surface area (Å²) in [5, 5.41) is 0. The van der Waals surface area contributed by atoms with Gasteiger partial charge in [0.15, 0.2) is 0 Å². The van der Waals surface area contributed by atoms with E-state index in [1.54, 1.807) is 0 Å². The van der Waals surface area contributed by atoms with Gasteiger partial charge in [-0.3, -0.25) is 0 Å². The van der Waals surface area contributed by atoms with E-state index in [4.69, 9.17) is 9.47 Å². The van der Waals surface area contributed by atoms with Crippen LogP contribution >= 0.6 is 0 Å². The van der Waals surface area contributed by atoms with Gasteiger partial charge in [-0.05, 0) is 30.2 Å². The van der Waals surface area contributed by atoms with E-state index in [9.17, 15) is 0 Å². The molecule has 0 fully saturated rings. The minimum Gasteiger partial charge on any atom is -0.493 e. The molecule has 0 saturated heterocycles. The Morgan fingerprint density at radius 1 is 1.16 bits per heavy atom. The molecular weight excluding hydrogens is 236 g/mol. The number of hydrogen-bond acceptors (Lipinski definition) is 2. The van der Waals surface area contributed by atoms with E-state index in [0.29, 0.717) is 19.1 Å². The smallest absolute Gasteiger partial charge is 0.123 e. The largest absolute Gasteiger partial charge is 0.493 e. The van der Waals surface area contributed by atoms with Crippen LogP contribution in [0, 0.1) is 0 Å². The Kier molecular flexibility index (Phi) is 3.41. The molecule has 1 unspecified atom stereocenters. The summed E-state index contributed by atoms with van der Waals surface area (Å²) >= 11 is 0. The van der Waals surface area contributed by atoms with Crippen molar-refractivity contribution in [3.8, 4) is 11.5 Å². The van der Waals surface area contributed by atoms with Gasteiger partial charge < -0.3 is 9.47 Å². The molecule has 1 heterocycles. The van der Waals surface area contributed by atoms with Gasteiger partial charge in [0.1, 0.15) is 11.5 Å². The molecule has 0 bridgehead atoms. The van der Waals surface area contributed by atoms with Crippen molar-refractivity contribution >= 4 is 0 Å². The Morgan fingerprint density at radius 2 is 2.05 bits per heavy atom. The highest BCUT2D eigenvalue weighted by molar-refractivity contribution is 5.40. The predicted octanol–water partition coefficient (Wildman–Crippen LogP) is 3.80. The van der Waals surface area contributed by atoms with E-state index in [0.717, 1.165) is 17.9 Å². The predicted molar refractivity (Wildman–Crippen MR) is 76.0 cm³/mol. The van der Waals surface area contributed by atoms with E-state index in [1.807, 2.05) is 24.3 Å². The molecule has 1 atom stereocenters. The minimum absolute atomic E-state index is 0.335. The first-order valence-corrected chi connectivity index (χ1v) is 6.80. The van der Waals surface area contributed by atoms with Gasteiger partial charge in [-0.1, -0.05) is 37.3 Å². The second kappa shape index (κ2) is 5.35. The lowest BCUT2D eigenvalue weighted by Crippen LogP contribution is -2.11. The van der Waals surface area contributed by atoms with Gasteiger partial charge >= 0.3 is 0 Å². The average Bonchev–Trinajstić information content (AvgIpc) is 2.89. The topological polar surface area (TPSA) is 18.5 Å². The molecule has 1 aliphatic heterocycles. The van der Waals surface area contributed by atoms with Crippen LogP contribution < -0.4 is 9.47 Å². The van der Waals surface area contributed by atoms with Gasteiger partial charge in [-0.25, -0.2) is 0 Å². The van der Waals surface area contributed by atoms with Crippen molar-refractivity contribution in [2.45, 2.75) is 19.3 Å². The molecule has 1 aliphatic rings. The Morgan fingerprint density at radius 3 is 2.95 bits per heavy atom. The van der Waals surface area contributed by atoms with Crippen LogP contribution in [0.15, 0.2) is 48.5 Å². The number of para-hydroxylation sites is 1. The van der Waals surface area contributed by atoms with Crippen LogP contribution in [0.4, 0.5) is 0 Å². The van der Waals surface area contributed by atoms with E-state index in [-0.39, 0.29) is 0 Å². The molecule has 2 aromatic rings. The van der Waals surface area contributed by atoms with Crippen molar-refractivity contribution in [1.82, 2.24) is 0 Å². The Bertz CT molecular complexity index is 563. The second-order valence-electron chi connectivity index (χ2n) is 4.86. The van der Waals surface area contributed by atoms with Crippen LogP contribution in [0.3, 0.4) is 0 Å². The van der Waals surface area contributed by atoms with E-state index in [1.165, 1.54) is 11.1 Å². The molecule has 0 radical (unpaired) electrons.